The standard InChI is InChI=1S/C19H29N5.HI/c1-5-20-19(22-12-15(2)3)23-13-17-7-6-8-18(11-17)14-24-10-9-21-16(24)4;/h6-11,15H,5,12-14H2,1-4H3,(H2,20,22,23);1H. The molecule has 0 saturated carbocycles. The Bertz CT molecular complexity index is 663. The Balaban J connectivity index is 0.00000312. The van der Waals surface area contributed by atoms with Gasteiger partial charge < -0.3 is 15.2 Å². The summed E-state index contributed by atoms with van der Waals surface area (Å²) in [5, 5.41) is 6.67. The van der Waals surface area contributed by atoms with Crippen molar-refractivity contribution in [1.82, 2.24) is 20.2 Å². The first kappa shape index (κ1) is 21.5. The molecule has 0 fully saturated rings. The van der Waals surface area contributed by atoms with Crippen LogP contribution < -0.4 is 10.6 Å². The molecule has 0 spiro atoms. The van der Waals surface area contributed by atoms with E-state index in [1.807, 2.05) is 19.3 Å². The molecule has 1 aromatic carbocycles. The zero-order chi connectivity index (χ0) is 17.4. The summed E-state index contributed by atoms with van der Waals surface area (Å²) in [6, 6.07) is 8.59. The summed E-state index contributed by atoms with van der Waals surface area (Å²) < 4.78 is 2.15. The first-order chi connectivity index (χ1) is 11.6. The van der Waals surface area contributed by atoms with Crippen LogP contribution in [-0.2, 0) is 13.1 Å². The van der Waals surface area contributed by atoms with Crippen molar-refractivity contribution >= 4 is 29.9 Å². The molecule has 25 heavy (non-hydrogen) atoms. The maximum Gasteiger partial charge on any atom is 0.191 e. The largest absolute Gasteiger partial charge is 0.357 e. The number of aryl methyl sites for hydroxylation is 1. The molecule has 0 aliphatic heterocycles. The van der Waals surface area contributed by atoms with E-state index in [0.29, 0.717) is 12.5 Å². The van der Waals surface area contributed by atoms with E-state index in [1.165, 1.54) is 11.1 Å². The van der Waals surface area contributed by atoms with E-state index in [9.17, 15) is 0 Å². The highest BCUT2D eigenvalue weighted by atomic mass is 127. The molecular weight excluding hydrogens is 425 g/mol. The molecule has 0 bridgehead atoms. The van der Waals surface area contributed by atoms with Gasteiger partial charge in [0, 0.05) is 32.0 Å². The molecule has 5 nitrogen and oxygen atoms in total. The molecule has 2 rings (SSSR count). The van der Waals surface area contributed by atoms with Gasteiger partial charge in [-0.25, -0.2) is 9.98 Å². The van der Waals surface area contributed by atoms with Crippen LogP contribution in [0.2, 0.25) is 0 Å². The van der Waals surface area contributed by atoms with Crippen molar-refractivity contribution in [2.24, 2.45) is 10.9 Å². The lowest BCUT2D eigenvalue weighted by Crippen LogP contribution is -2.39. The average Bonchev–Trinajstić information content (AvgIpc) is 2.95. The van der Waals surface area contributed by atoms with Crippen LogP contribution in [0.3, 0.4) is 0 Å². The molecule has 0 unspecified atom stereocenters. The maximum absolute atomic E-state index is 4.69. The predicted octanol–water partition coefficient (Wildman–Crippen LogP) is 3.57. The number of nitrogens with one attached hydrogen (secondary N) is 2. The Morgan fingerprint density at radius 2 is 2.00 bits per heavy atom. The SMILES string of the molecule is CCNC(=NCc1cccc(Cn2ccnc2C)c1)NCC(C)C.I. The summed E-state index contributed by atoms with van der Waals surface area (Å²) in [5.41, 5.74) is 2.48. The minimum absolute atomic E-state index is 0. The summed E-state index contributed by atoms with van der Waals surface area (Å²) in [6.07, 6.45) is 3.85. The van der Waals surface area contributed by atoms with Gasteiger partial charge in [0.15, 0.2) is 5.96 Å². The maximum atomic E-state index is 4.69. The van der Waals surface area contributed by atoms with Gasteiger partial charge in [0.1, 0.15) is 5.82 Å². The fourth-order valence-corrected chi connectivity index (χ4v) is 2.41. The number of halogens is 1. The van der Waals surface area contributed by atoms with Crippen molar-refractivity contribution in [2.45, 2.75) is 40.8 Å². The summed E-state index contributed by atoms with van der Waals surface area (Å²) in [4.78, 5) is 8.96. The van der Waals surface area contributed by atoms with Gasteiger partial charge in [0.05, 0.1) is 6.54 Å². The van der Waals surface area contributed by atoms with Gasteiger partial charge in [-0.2, -0.15) is 0 Å². The third kappa shape index (κ3) is 7.46. The van der Waals surface area contributed by atoms with Crippen molar-refractivity contribution < 1.29 is 0 Å². The molecule has 0 amide bonds. The minimum atomic E-state index is 0. The second kappa shape index (κ2) is 11.1. The van der Waals surface area contributed by atoms with Crippen LogP contribution in [0, 0.1) is 12.8 Å². The highest BCUT2D eigenvalue weighted by molar-refractivity contribution is 14.0. The average molecular weight is 455 g/mol. The first-order valence-corrected chi connectivity index (χ1v) is 8.66. The number of hydrogen-bond acceptors (Lipinski definition) is 2. The fourth-order valence-electron chi connectivity index (χ4n) is 2.41. The molecule has 0 aliphatic carbocycles. The second-order valence-corrected chi connectivity index (χ2v) is 6.39. The lowest BCUT2D eigenvalue weighted by Gasteiger charge is -2.13. The lowest BCUT2D eigenvalue weighted by molar-refractivity contribution is 0.615. The molecule has 0 saturated heterocycles. The molecule has 1 heterocycles. The number of imidazole rings is 1. The highest BCUT2D eigenvalue weighted by Gasteiger charge is 2.02. The van der Waals surface area contributed by atoms with E-state index in [0.717, 1.165) is 31.4 Å². The van der Waals surface area contributed by atoms with Crippen LogP contribution in [0.1, 0.15) is 37.7 Å². The van der Waals surface area contributed by atoms with Crippen molar-refractivity contribution in [3.63, 3.8) is 0 Å². The number of hydrogen-bond donors (Lipinski definition) is 2. The Labute approximate surface area is 168 Å². The van der Waals surface area contributed by atoms with E-state index in [1.54, 1.807) is 0 Å². The van der Waals surface area contributed by atoms with Gasteiger partial charge in [0.2, 0.25) is 0 Å². The third-order valence-electron chi connectivity index (χ3n) is 3.71. The zero-order valence-corrected chi connectivity index (χ0v) is 18.0. The summed E-state index contributed by atoms with van der Waals surface area (Å²) in [6.45, 7) is 11.8. The highest BCUT2D eigenvalue weighted by Crippen LogP contribution is 2.09. The van der Waals surface area contributed by atoms with Crippen molar-refractivity contribution in [2.75, 3.05) is 13.1 Å². The van der Waals surface area contributed by atoms with Crippen LogP contribution in [-0.4, -0.2) is 28.6 Å². The first-order valence-electron chi connectivity index (χ1n) is 8.66. The quantitative estimate of drug-likeness (QED) is 0.382. The topological polar surface area (TPSA) is 54.2 Å². The molecule has 0 radical (unpaired) electrons. The molecule has 0 atom stereocenters. The third-order valence-corrected chi connectivity index (χ3v) is 3.71. The number of aliphatic imine (C=N–C) groups is 1. The van der Waals surface area contributed by atoms with E-state index >= 15 is 0 Å². The predicted molar refractivity (Wildman–Crippen MR) is 116 cm³/mol. The van der Waals surface area contributed by atoms with E-state index in [2.05, 4.69) is 70.2 Å². The smallest absolute Gasteiger partial charge is 0.191 e. The zero-order valence-electron chi connectivity index (χ0n) is 15.6. The van der Waals surface area contributed by atoms with Crippen LogP contribution in [0.5, 0.6) is 0 Å². The Morgan fingerprint density at radius 3 is 2.64 bits per heavy atom. The molecule has 6 heteroatoms. The number of rotatable bonds is 7. The monoisotopic (exact) mass is 455 g/mol. The minimum Gasteiger partial charge on any atom is -0.357 e. The van der Waals surface area contributed by atoms with Crippen molar-refractivity contribution in [3.05, 3.63) is 53.6 Å². The van der Waals surface area contributed by atoms with Crippen LogP contribution in [0.25, 0.3) is 0 Å². The van der Waals surface area contributed by atoms with Gasteiger partial charge in [-0.15, -0.1) is 24.0 Å². The lowest BCUT2D eigenvalue weighted by atomic mass is 10.1. The van der Waals surface area contributed by atoms with Crippen molar-refractivity contribution in [1.29, 1.82) is 0 Å². The normalized spacial score (nSPS) is 11.3. The van der Waals surface area contributed by atoms with E-state index in [4.69, 9.17) is 0 Å². The van der Waals surface area contributed by atoms with Gasteiger partial charge in [-0.05, 0) is 30.9 Å². The number of guanidine groups is 1. The Kier molecular flexibility index (Phi) is 9.55. The van der Waals surface area contributed by atoms with Gasteiger partial charge in [-0.3, -0.25) is 0 Å². The molecule has 2 N–H and O–H groups in total. The number of aromatic nitrogens is 2. The molecule has 1 aromatic heterocycles. The van der Waals surface area contributed by atoms with E-state index < -0.39 is 0 Å². The summed E-state index contributed by atoms with van der Waals surface area (Å²) >= 11 is 0. The molecule has 0 aliphatic rings. The van der Waals surface area contributed by atoms with Crippen molar-refractivity contribution in [3.8, 4) is 0 Å². The summed E-state index contributed by atoms with van der Waals surface area (Å²) in [5.74, 6) is 2.50. The number of benzene rings is 1. The molecular formula is C19H30IN5. The van der Waals surface area contributed by atoms with Gasteiger partial charge >= 0.3 is 0 Å². The Morgan fingerprint density at radius 1 is 1.24 bits per heavy atom. The molecule has 138 valence electrons. The van der Waals surface area contributed by atoms with E-state index in [-0.39, 0.29) is 24.0 Å². The van der Waals surface area contributed by atoms with Gasteiger partial charge in [-0.1, -0.05) is 38.1 Å². The van der Waals surface area contributed by atoms with Crippen LogP contribution >= 0.6 is 24.0 Å². The van der Waals surface area contributed by atoms with Crippen LogP contribution in [0.15, 0.2) is 41.7 Å². The fraction of sp³-hybridized carbons (Fsp3) is 0.474. The van der Waals surface area contributed by atoms with Gasteiger partial charge in [0.25, 0.3) is 0 Å². The number of nitrogens with zero attached hydrogens (tertiary/aromatic N) is 3. The second-order valence-electron chi connectivity index (χ2n) is 6.39. The Hall–Kier alpha value is -1.57. The molecule has 2 aromatic rings. The van der Waals surface area contributed by atoms with Crippen LogP contribution in [0.4, 0.5) is 0 Å². The summed E-state index contributed by atoms with van der Waals surface area (Å²) in [7, 11) is 0.